The number of rotatable bonds is 5. The maximum absolute atomic E-state index is 12.4. The lowest BCUT2D eigenvalue weighted by molar-refractivity contribution is 0.240. The highest BCUT2D eigenvalue weighted by molar-refractivity contribution is 5.81. The van der Waals surface area contributed by atoms with Crippen molar-refractivity contribution >= 4 is 16.6 Å². The molecule has 1 saturated heterocycles. The highest BCUT2D eigenvalue weighted by Crippen LogP contribution is 2.20. The van der Waals surface area contributed by atoms with Gasteiger partial charge in [0.15, 0.2) is 0 Å². The van der Waals surface area contributed by atoms with Crippen LogP contribution in [-0.2, 0) is 20.1 Å². The first-order valence-electron chi connectivity index (χ1n) is 9.65. The number of nitrogens with zero attached hydrogens (tertiary/aromatic N) is 6. The van der Waals surface area contributed by atoms with Crippen LogP contribution in [0.1, 0.15) is 5.82 Å². The predicted molar refractivity (Wildman–Crippen MR) is 110 cm³/mol. The van der Waals surface area contributed by atoms with Crippen LogP contribution in [0.25, 0.3) is 10.9 Å². The summed E-state index contributed by atoms with van der Waals surface area (Å²) in [5.41, 5.74) is 1.51. The summed E-state index contributed by atoms with van der Waals surface area (Å²) in [4.78, 5) is 37.5. The molecule has 0 spiro atoms. The van der Waals surface area contributed by atoms with Crippen LogP contribution in [0.2, 0.25) is 0 Å². The van der Waals surface area contributed by atoms with Gasteiger partial charge in [0.25, 0.3) is 11.1 Å². The standard InChI is InChI=1S/C20H24N6O3/c1-23-18(21-5-4-19(23)28)13-24-6-8-25(9-7-24)15-2-3-16-17(12-15)22-14-26(10-11-27)20(16)29/h2-5,12,14,27H,6-11,13H2,1H3. The van der Waals surface area contributed by atoms with E-state index in [1.54, 1.807) is 17.8 Å². The van der Waals surface area contributed by atoms with Gasteiger partial charge in [-0.15, -0.1) is 0 Å². The molecule has 0 aliphatic carbocycles. The van der Waals surface area contributed by atoms with Crippen molar-refractivity contribution in [3.63, 3.8) is 0 Å². The Bertz CT molecular complexity index is 1130. The first-order chi connectivity index (χ1) is 14.1. The number of aliphatic hydroxyl groups is 1. The number of benzene rings is 1. The second-order valence-electron chi connectivity index (χ2n) is 7.19. The summed E-state index contributed by atoms with van der Waals surface area (Å²) < 4.78 is 3.01. The molecule has 3 heterocycles. The van der Waals surface area contributed by atoms with Gasteiger partial charge in [0.1, 0.15) is 5.82 Å². The molecule has 0 radical (unpaired) electrons. The van der Waals surface area contributed by atoms with Gasteiger partial charge in [-0.1, -0.05) is 0 Å². The maximum atomic E-state index is 12.4. The van der Waals surface area contributed by atoms with Gasteiger partial charge in [-0.25, -0.2) is 9.97 Å². The highest BCUT2D eigenvalue weighted by atomic mass is 16.3. The molecule has 4 rings (SSSR count). The third kappa shape index (κ3) is 3.92. The van der Waals surface area contributed by atoms with Crippen LogP contribution in [0.4, 0.5) is 5.69 Å². The molecule has 0 unspecified atom stereocenters. The smallest absolute Gasteiger partial charge is 0.261 e. The van der Waals surface area contributed by atoms with Gasteiger partial charge < -0.3 is 10.0 Å². The third-order valence-electron chi connectivity index (χ3n) is 5.41. The molecule has 29 heavy (non-hydrogen) atoms. The van der Waals surface area contributed by atoms with Gasteiger partial charge in [0, 0.05) is 51.2 Å². The molecular formula is C20H24N6O3. The van der Waals surface area contributed by atoms with Crippen LogP contribution in [0.15, 0.2) is 46.4 Å². The average molecular weight is 396 g/mol. The van der Waals surface area contributed by atoms with Gasteiger partial charge in [-0.2, -0.15) is 0 Å². The zero-order valence-corrected chi connectivity index (χ0v) is 16.4. The fourth-order valence-corrected chi connectivity index (χ4v) is 3.63. The van der Waals surface area contributed by atoms with Gasteiger partial charge in [-0.05, 0) is 18.2 Å². The summed E-state index contributed by atoms with van der Waals surface area (Å²) >= 11 is 0. The Balaban J connectivity index is 1.46. The second kappa shape index (κ2) is 8.14. The Morgan fingerprint density at radius 2 is 1.86 bits per heavy atom. The summed E-state index contributed by atoms with van der Waals surface area (Å²) in [5, 5.41) is 9.61. The van der Waals surface area contributed by atoms with Crippen molar-refractivity contribution in [3.05, 3.63) is 63.3 Å². The number of anilines is 1. The number of piperazine rings is 1. The third-order valence-corrected chi connectivity index (χ3v) is 5.41. The molecule has 0 bridgehead atoms. The van der Waals surface area contributed by atoms with Gasteiger partial charge in [0.2, 0.25) is 0 Å². The van der Waals surface area contributed by atoms with E-state index in [0.717, 1.165) is 37.7 Å². The Kier molecular flexibility index (Phi) is 5.41. The minimum atomic E-state index is -0.138. The van der Waals surface area contributed by atoms with Gasteiger partial charge in [-0.3, -0.25) is 23.6 Å². The molecule has 1 aromatic carbocycles. The number of aromatic nitrogens is 4. The second-order valence-corrected chi connectivity index (χ2v) is 7.19. The molecule has 9 heteroatoms. The normalized spacial score (nSPS) is 15.2. The minimum Gasteiger partial charge on any atom is -0.395 e. The van der Waals surface area contributed by atoms with Crippen LogP contribution in [-0.4, -0.2) is 61.9 Å². The first kappa shape index (κ1) is 19.3. The van der Waals surface area contributed by atoms with Crippen molar-refractivity contribution in [2.75, 3.05) is 37.7 Å². The van der Waals surface area contributed by atoms with E-state index < -0.39 is 0 Å². The van der Waals surface area contributed by atoms with Crippen molar-refractivity contribution in [1.82, 2.24) is 24.0 Å². The van der Waals surface area contributed by atoms with E-state index in [-0.39, 0.29) is 24.3 Å². The van der Waals surface area contributed by atoms with E-state index in [0.29, 0.717) is 17.4 Å². The monoisotopic (exact) mass is 396 g/mol. The van der Waals surface area contributed by atoms with E-state index >= 15 is 0 Å². The molecular weight excluding hydrogens is 372 g/mol. The number of fused-ring (bicyclic) bond motifs is 1. The SMILES string of the molecule is Cn1c(CN2CCN(c3ccc4c(=O)n(CCO)cnc4c3)CC2)nccc1=O. The first-order valence-corrected chi connectivity index (χ1v) is 9.65. The molecule has 0 saturated carbocycles. The zero-order valence-electron chi connectivity index (χ0n) is 16.4. The Labute approximate surface area is 167 Å². The van der Waals surface area contributed by atoms with Crippen molar-refractivity contribution < 1.29 is 5.11 Å². The molecule has 1 aliphatic heterocycles. The number of hydrogen-bond acceptors (Lipinski definition) is 7. The molecule has 1 fully saturated rings. The Hall–Kier alpha value is -3.04. The number of hydrogen-bond donors (Lipinski definition) is 1. The zero-order chi connectivity index (χ0) is 20.4. The fraction of sp³-hybridized carbons (Fsp3) is 0.400. The molecule has 2 aromatic heterocycles. The Morgan fingerprint density at radius 3 is 2.62 bits per heavy atom. The van der Waals surface area contributed by atoms with E-state index in [4.69, 9.17) is 5.11 Å². The van der Waals surface area contributed by atoms with Gasteiger partial charge in [0.05, 0.1) is 36.9 Å². The van der Waals surface area contributed by atoms with E-state index in [1.165, 1.54) is 17.0 Å². The summed E-state index contributed by atoms with van der Waals surface area (Å²) in [6.45, 7) is 4.18. The van der Waals surface area contributed by atoms with Crippen molar-refractivity contribution in [2.45, 2.75) is 13.1 Å². The van der Waals surface area contributed by atoms with E-state index in [1.807, 2.05) is 18.2 Å². The van der Waals surface area contributed by atoms with Crippen molar-refractivity contribution in [1.29, 1.82) is 0 Å². The van der Waals surface area contributed by atoms with E-state index in [2.05, 4.69) is 19.8 Å². The highest BCUT2D eigenvalue weighted by Gasteiger charge is 2.19. The van der Waals surface area contributed by atoms with Crippen LogP contribution in [0.3, 0.4) is 0 Å². The summed E-state index contributed by atoms with van der Waals surface area (Å²) in [6.07, 6.45) is 3.05. The molecule has 1 aliphatic rings. The molecule has 1 N–H and O–H groups in total. The molecule has 0 amide bonds. The molecule has 3 aromatic rings. The number of aliphatic hydroxyl groups excluding tert-OH is 1. The van der Waals surface area contributed by atoms with Crippen LogP contribution in [0, 0.1) is 0 Å². The van der Waals surface area contributed by atoms with Crippen LogP contribution in [0.5, 0.6) is 0 Å². The van der Waals surface area contributed by atoms with Gasteiger partial charge >= 0.3 is 0 Å². The lowest BCUT2D eigenvalue weighted by Gasteiger charge is -2.36. The van der Waals surface area contributed by atoms with Crippen LogP contribution < -0.4 is 16.0 Å². The van der Waals surface area contributed by atoms with Crippen molar-refractivity contribution in [3.8, 4) is 0 Å². The summed E-state index contributed by atoms with van der Waals surface area (Å²) in [5.74, 6) is 0.764. The predicted octanol–water partition coefficient (Wildman–Crippen LogP) is -0.195. The fourth-order valence-electron chi connectivity index (χ4n) is 3.63. The molecule has 0 atom stereocenters. The molecule has 9 nitrogen and oxygen atoms in total. The van der Waals surface area contributed by atoms with Crippen LogP contribution >= 0.6 is 0 Å². The van der Waals surface area contributed by atoms with E-state index in [9.17, 15) is 9.59 Å². The summed E-state index contributed by atoms with van der Waals surface area (Å²) in [7, 11) is 1.75. The lowest BCUT2D eigenvalue weighted by Crippen LogP contribution is -2.46. The van der Waals surface area contributed by atoms with Crippen molar-refractivity contribution in [2.24, 2.45) is 7.05 Å². The lowest BCUT2D eigenvalue weighted by atomic mass is 10.2. The minimum absolute atomic E-state index is 0.0460. The molecule has 152 valence electrons. The largest absolute Gasteiger partial charge is 0.395 e. The quantitative estimate of drug-likeness (QED) is 0.638. The maximum Gasteiger partial charge on any atom is 0.261 e. The Morgan fingerprint density at radius 1 is 1.07 bits per heavy atom. The topological polar surface area (TPSA) is 96.5 Å². The summed E-state index contributed by atoms with van der Waals surface area (Å²) in [6, 6.07) is 7.17. The average Bonchev–Trinajstić information content (AvgIpc) is 2.74.